The molecule has 3 fully saturated rings. The fourth-order valence-corrected chi connectivity index (χ4v) is 5.95. The van der Waals surface area contributed by atoms with Crippen molar-refractivity contribution >= 4 is 15.9 Å². The number of ether oxygens (including phenoxy) is 1. The van der Waals surface area contributed by atoms with Crippen LogP contribution in [0.1, 0.15) is 50.5 Å². The third-order valence-corrected chi connectivity index (χ3v) is 8.05. The van der Waals surface area contributed by atoms with Gasteiger partial charge in [0.25, 0.3) is 0 Å². The van der Waals surface area contributed by atoms with Gasteiger partial charge in [-0.2, -0.15) is 0 Å². The Labute approximate surface area is 194 Å². The monoisotopic (exact) mass is 481 g/mol. The van der Waals surface area contributed by atoms with Gasteiger partial charge in [-0.1, -0.05) is 31.1 Å². The van der Waals surface area contributed by atoms with E-state index in [-0.39, 0.29) is 24.0 Å². The number of carbonyl (C=O) groups excluding carboxylic acids is 1. The zero-order valence-electron chi connectivity index (χ0n) is 18.6. The van der Waals surface area contributed by atoms with E-state index < -0.39 is 27.7 Å². The molecule has 33 heavy (non-hydrogen) atoms. The Morgan fingerprint density at radius 3 is 2.70 bits per heavy atom. The summed E-state index contributed by atoms with van der Waals surface area (Å²) in [4.78, 5) is 12.8. The van der Waals surface area contributed by atoms with Crippen molar-refractivity contribution in [2.75, 3.05) is 25.4 Å². The number of hydrogen-bond donors (Lipinski definition) is 3. The van der Waals surface area contributed by atoms with Crippen molar-refractivity contribution in [1.82, 2.24) is 14.9 Å². The van der Waals surface area contributed by atoms with Crippen molar-refractivity contribution in [3.63, 3.8) is 0 Å². The van der Waals surface area contributed by atoms with Gasteiger partial charge in [0, 0.05) is 6.54 Å². The van der Waals surface area contributed by atoms with Gasteiger partial charge in [0.05, 0.1) is 24.4 Å². The first-order valence-corrected chi connectivity index (χ1v) is 13.2. The normalized spacial score (nSPS) is 23.3. The molecule has 1 heterocycles. The Morgan fingerprint density at radius 2 is 2.03 bits per heavy atom. The summed E-state index contributed by atoms with van der Waals surface area (Å²) in [6.45, 7) is 0.943. The summed E-state index contributed by atoms with van der Waals surface area (Å²) < 4.78 is 48.2. The number of aliphatic hydroxyl groups excluding tert-OH is 1. The van der Waals surface area contributed by atoms with Crippen molar-refractivity contribution in [3.8, 4) is 5.75 Å². The van der Waals surface area contributed by atoms with Crippen LogP contribution in [0.2, 0.25) is 0 Å². The molecule has 1 aromatic rings. The third-order valence-electron chi connectivity index (χ3n) is 6.58. The molecule has 0 radical (unpaired) electrons. The topological polar surface area (TPSA) is 108 Å². The zero-order chi connectivity index (χ0) is 23.5. The number of hydrogen-bond acceptors (Lipinski definition) is 6. The van der Waals surface area contributed by atoms with Gasteiger partial charge < -0.3 is 15.2 Å². The second-order valence-corrected chi connectivity index (χ2v) is 11.1. The lowest BCUT2D eigenvalue weighted by molar-refractivity contribution is -0.119. The number of allylic oxidation sites excluding steroid dienone is 1. The highest BCUT2D eigenvalue weighted by atomic mass is 32.2. The average Bonchev–Trinajstić information content (AvgIpc) is 3.18. The maximum atomic E-state index is 14.3. The van der Waals surface area contributed by atoms with Gasteiger partial charge in [-0.05, 0) is 55.7 Å². The quantitative estimate of drug-likeness (QED) is 0.417. The number of carbonyl (C=O) groups is 1. The molecule has 0 spiro atoms. The average molecular weight is 482 g/mol. The lowest BCUT2D eigenvalue weighted by Gasteiger charge is -2.20. The Kier molecular flexibility index (Phi) is 7.37. The molecule has 0 aromatic heterocycles. The van der Waals surface area contributed by atoms with Crippen LogP contribution in [0.15, 0.2) is 30.4 Å². The molecular weight excluding hydrogens is 449 g/mol. The fraction of sp³-hybridized carbons (Fsp3) is 0.609. The third kappa shape index (κ3) is 6.32. The molecule has 4 rings (SSSR count). The van der Waals surface area contributed by atoms with Crippen LogP contribution in [-0.2, 0) is 20.4 Å². The molecule has 1 unspecified atom stereocenters. The second-order valence-electron chi connectivity index (χ2n) is 9.24. The van der Waals surface area contributed by atoms with Crippen LogP contribution in [0, 0.1) is 11.7 Å². The Bertz CT molecular complexity index is 990. The van der Waals surface area contributed by atoms with Crippen molar-refractivity contribution in [1.29, 1.82) is 0 Å². The van der Waals surface area contributed by atoms with Crippen molar-refractivity contribution in [2.24, 2.45) is 5.92 Å². The van der Waals surface area contributed by atoms with Crippen molar-refractivity contribution in [2.45, 2.75) is 56.8 Å². The predicted octanol–water partition coefficient (Wildman–Crippen LogP) is 1.96. The molecule has 8 nitrogen and oxygen atoms in total. The summed E-state index contributed by atoms with van der Waals surface area (Å²) in [6, 6.07) is 4.61. The molecule has 1 aliphatic heterocycles. The second kappa shape index (κ2) is 10.1. The standard InChI is InChI=1S/C23H32FN3O5S/c24-19-9-8-18(14-20(19)32-16-17-6-2-3-7-17)23(10-11-23)26-33(30,31)13-5-1-4-12-27-15-21(28)25-22(27)29/h1,4,8-9,14,17,22,26,29H,2-3,5-7,10-13,15-16H2,(H,25,28)/b4-1+. The van der Waals surface area contributed by atoms with Crippen molar-refractivity contribution in [3.05, 3.63) is 41.7 Å². The van der Waals surface area contributed by atoms with Gasteiger partial charge in [0.1, 0.15) is 0 Å². The van der Waals surface area contributed by atoms with Crippen LogP contribution >= 0.6 is 0 Å². The summed E-state index contributed by atoms with van der Waals surface area (Å²) in [5.41, 5.74) is 0.0255. The van der Waals surface area contributed by atoms with Crippen LogP contribution in [0.3, 0.4) is 0 Å². The number of amides is 1. The minimum atomic E-state index is -3.56. The first kappa shape index (κ1) is 24.1. The molecule has 1 aromatic carbocycles. The molecule has 10 heteroatoms. The van der Waals surface area contributed by atoms with Crippen LogP contribution in [0.4, 0.5) is 4.39 Å². The first-order valence-electron chi connectivity index (χ1n) is 11.6. The van der Waals surface area contributed by atoms with Gasteiger partial charge >= 0.3 is 0 Å². The van der Waals surface area contributed by atoms with E-state index in [0.717, 1.165) is 18.4 Å². The number of benzene rings is 1. The molecule has 1 atom stereocenters. The Balaban J connectivity index is 1.29. The lowest BCUT2D eigenvalue weighted by Crippen LogP contribution is -2.36. The fourth-order valence-electron chi connectivity index (χ4n) is 4.49. The summed E-state index contributed by atoms with van der Waals surface area (Å²) >= 11 is 0. The molecular formula is C23H32FN3O5S. The molecule has 182 valence electrons. The predicted molar refractivity (Wildman–Crippen MR) is 121 cm³/mol. The van der Waals surface area contributed by atoms with E-state index in [1.807, 2.05) is 0 Å². The largest absolute Gasteiger partial charge is 0.490 e. The van der Waals surface area contributed by atoms with E-state index in [1.54, 1.807) is 24.3 Å². The molecule has 2 aliphatic carbocycles. The van der Waals surface area contributed by atoms with Gasteiger partial charge in [0.2, 0.25) is 15.9 Å². The lowest BCUT2D eigenvalue weighted by atomic mass is 10.1. The van der Waals surface area contributed by atoms with Gasteiger partial charge in [0.15, 0.2) is 17.9 Å². The Morgan fingerprint density at radius 1 is 1.27 bits per heavy atom. The van der Waals surface area contributed by atoms with Gasteiger partial charge in [-0.3, -0.25) is 4.79 Å². The number of nitrogens with zero attached hydrogens (tertiary/aromatic N) is 1. The van der Waals surface area contributed by atoms with E-state index in [4.69, 9.17) is 4.74 Å². The molecule has 3 aliphatic rings. The Hall–Kier alpha value is -2.01. The van der Waals surface area contributed by atoms with Gasteiger partial charge in [-0.25, -0.2) is 22.4 Å². The van der Waals surface area contributed by atoms with E-state index in [0.29, 0.717) is 38.3 Å². The summed E-state index contributed by atoms with van der Waals surface area (Å²) in [5.74, 6) is -0.118. The maximum Gasteiger partial charge on any atom is 0.237 e. The highest BCUT2D eigenvalue weighted by Crippen LogP contribution is 2.47. The smallest absolute Gasteiger partial charge is 0.237 e. The van der Waals surface area contributed by atoms with E-state index in [9.17, 15) is 22.7 Å². The highest BCUT2D eigenvalue weighted by Gasteiger charge is 2.47. The number of nitrogens with one attached hydrogen (secondary N) is 2. The van der Waals surface area contributed by atoms with Crippen LogP contribution in [0.25, 0.3) is 0 Å². The number of aliphatic hydroxyl groups is 1. The molecule has 1 amide bonds. The van der Waals surface area contributed by atoms with E-state index >= 15 is 0 Å². The number of halogens is 1. The minimum absolute atomic E-state index is 0.0861. The van der Waals surface area contributed by atoms with Crippen molar-refractivity contribution < 1.29 is 27.4 Å². The summed E-state index contributed by atoms with van der Waals surface area (Å²) in [6.07, 6.45) is 8.65. The van der Waals surface area contributed by atoms with Crippen LogP contribution in [-0.4, -0.2) is 56.1 Å². The SMILES string of the molecule is O=C1CN(C/C=C/CCS(=O)(=O)NC2(c3ccc(F)c(OCC4CCCC4)c3)CC2)C(O)N1. The zero-order valence-corrected chi connectivity index (χ0v) is 19.4. The maximum absolute atomic E-state index is 14.3. The highest BCUT2D eigenvalue weighted by molar-refractivity contribution is 7.89. The summed E-state index contributed by atoms with van der Waals surface area (Å²) in [5, 5.41) is 12.0. The van der Waals surface area contributed by atoms with Crippen LogP contribution in [0.5, 0.6) is 5.75 Å². The first-order chi connectivity index (χ1) is 15.8. The van der Waals surface area contributed by atoms with E-state index in [2.05, 4.69) is 10.0 Å². The molecule has 0 bridgehead atoms. The van der Waals surface area contributed by atoms with Crippen LogP contribution < -0.4 is 14.8 Å². The van der Waals surface area contributed by atoms with Gasteiger partial charge in [-0.15, -0.1) is 0 Å². The molecule has 1 saturated heterocycles. The molecule has 3 N–H and O–H groups in total. The number of sulfonamides is 1. The summed E-state index contributed by atoms with van der Waals surface area (Å²) in [7, 11) is -3.56. The number of rotatable bonds is 11. The van der Waals surface area contributed by atoms with E-state index in [1.165, 1.54) is 23.8 Å². The molecule has 2 saturated carbocycles. The minimum Gasteiger partial charge on any atom is -0.490 e.